The topological polar surface area (TPSA) is 109 Å². The number of amides is 2. The molecule has 0 radical (unpaired) electrons. The number of thiophene rings is 1. The largest absolute Gasteiger partial charge is 0.488 e. The molecule has 0 bridgehead atoms. The van der Waals surface area contributed by atoms with Gasteiger partial charge in [-0.25, -0.2) is 8.78 Å². The minimum atomic E-state index is -0.920. The van der Waals surface area contributed by atoms with Gasteiger partial charge in [-0.15, -0.1) is 11.3 Å². The number of benzene rings is 3. The SMILES string of the molecule is O=C(NCCN1CCOCC1)c1ccc2c(c1)C(=O)c1ccc(Nc3cc(NC(=O)c4cccs4)c(F)cc3F)cc1OC2. The van der Waals surface area contributed by atoms with E-state index in [-0.39, 0.29) is 41.0 Å². The van der Waals surface area contributed by atoms with Gasteiger partial charge in [0, 0.05) is 60.7 Å². The van der Waals surface area contributed by atoms with Gasteiger partial charge in [-0.1, -0.05) is 12.1 Å². The Morgan fingerprint density at radius 1 is 0.909 bits per heavy atom. The summed E-state index contributed by atoms with van der Waals surface area (Å²) in [7, 11) is 0. The molecule has 6 rings (SSSR count). The Kier molecular flexibility index (Phi) is 8.64. The van der Waals surface area contributed by atoms with Gasteiger partial charge in [-0.3, -0.25) is 19.3 Å². The second kappa shape index (κ2) is 12.9. The zero-order chi connectivity index (χ0) is 30.6. The van der Waals surface area contributed by atoms with Crippen LogP contribution in [0.25, 0.3) is 0 Å². The maximum atomic E-state index is 14.7. The summed E-state index contributed by atoms with van der Waals surface area (Å²) >= 11 is 1.20. The van der Waals surface area contributed by atoms with Crippen LogP contribution in [0.2, 0.25) is 0 Å². The van der Waals surface area contributed by atoms with Crippen LogP contribution in [-0.2, 0) is 11.3 Å². The second-order valence-electron chi connectivity index (χ2n) is 10.3. The Bertz CT molecular complexity index is 1720. The molecule has 1 fully saturated rings. The highest BCUT2D eigenvalue weighted by Gasteiger charge is 2.24. The number of carbonyl (C=O) groups is 3. The highest BCUT2D eigenvalue weighted by atomic mass is 32.1. The van der Waals surface area contributed by atoms with E-state index in [2.05, 4.69) is 20.9 Å². The molecule has 0 unspecified atom stereocenters. The van der Waals surface area contributed by atoms with E-state index in [9.17, 15) is 23.2 Å². The average molecular weight is 619 g/mol. The van der Waals surface area contributed by atoms with E-state index in [1.807, 2.05) is 0 Å². The van der Waals surface area contributed by atoms with Crippen molar-refractivity contribution < 1.29 is 32.6 Å². The molecule has 2 amide bonds. The monoisotopic (exact) mass is 618 g/mol. The van der Waals surface area contributed by atoms with E-state index in [0.29, 0.717) is 59.6 Å². The van der Waals surface area contributed by atoms with E-state index >= 15 is 0 Å². The van der Waals surface area contributed by atoms with Gasteiger partial charge in [0.05, 0.1) is 35.0 Å². The van der Waals surface area contributed by atoms with E-state index < -0.39 is 17.5 Å². The summed E-state index contributed by atoms with van der Waals surface area (Å²) in [5.41, 5.74) is 1.74. The zero-order valence-corrected chi connectivity index (χ0v) is 24.3. The summed E-state index contributed by atoms with van der Waals surface area (Å²) in [6.07, 6.45) is 0. The lowest BCUT2D eigenvalue weighted by Gasteiger charge is -2.26. The van der Waals surface area contributed by atoms with Crippen molar-refractivity contribution in [2.24, 2.45) is 0 Å². The quantitative estimate of drug-likeness (QED) is 0.249. The minimum absolute atomic E-state index is 0.0830. The molecule has 2 aliphatic heterocycles. The number of carbonyl (C=O) groups excluding carboxylic acids is 3. The van der Waals surface area contributed by atoms with Crippen LogP contribution in [0.4, 0.5) is 25.8 Å². The molecule has 3 N–H and O–H groups in total. The van der Waals surface area contributed by atoms with Crippen LogP contribution < -0.4 is 20.7 Å². The van der Waals surface area contributed by atoms with Gasteiger partial charge in [-0.2, -0.15) is 0 Å². The molecule has 2 aliphatic rings. The van der Waals surface area contributed by atoms with Gasteiger partial charge in [0.2, 0.25) is 0 Å². The summed E-state index contributed by atoms with van der Waals surface area (Å²) in [4.78, 5) is 41.4. The summed E-state index contributed by atoms with van der Waals surface area (Å²) in [5, 5.41) is 9.97. The molecule has 4 aromatic rings. The van der Waals surface area contributed by atoms with Crippen molar-refractivity contribution in [2.75, 3.05) is 50.0 Å². The number of halogens is 2. The molecular weight excluding hydrogens is 590 g/mol. The smallest absolute Gasteiger partial charge is 0.265 e. The molecule has 44 heavy (non-hydrogen) atoms. The Hall–Kier alpha value is -4.65. The maximum Gasteiger partial charge on any atom is 0.265 e. The summed E-state index contributed by atoms with van der Waals surface area (Å²) in [6, 6.07) is 14.7. The highest BCUT2D eigenvalue weighted by molar-refractivity contribution is 7.12. The van der Waals surface area contributed by atoms with E-state index in [1.54, 1.807) is 53.9 Å². The Labute approximate surface area is 255 Å². The molecule has 1 aromatic heterocycles. The summed E-state index contributed by atoms with van der Waals surface area (Å²) in [6.45, 7) is 4.29. The molecule has 0 aliphatic carbocycles. The van der Waals surface area contributed by atoms with Crippen LogP contribution in [-0.4, -0.2) is 61.9 Å². The molecule has 12 heteroatoms. The van der Waals surface area contributed by atoms with Gasteiger partial charge in [-0.05, 0) is 41.8 Å². The average Bonchev–Trinajstić information content (AvgIpc) is 3.54. The number of anilines is 3. The third-order valence-electron chi connectivity index (χ3n) is 7.37. The summed E-state index contributed by atoms with van der Waals surface area (Å²) < 4.78 is 40.5. The number of nitrogens with one attached hydrogen (secondary N) is 3. The van der Waals surface area contributed by atoms with E-state index in [1.165, 1.54) is 11.3 Å². The minimum Gasteiger partial charge on any atom is -0.488 e. The molecule has 0 spiro atoms. The normalized spacial score (nSPS) is 14.5. The van der Waals surface area contributed by atoms with Crippen molar-refractivity contribution in [2.45, 2.75) is 6.61 Å². The lowest BCUT2D eigenvalue weighted by atomic mass is 9.96. The molecule has 3 aromatic carbocycles. The number of hydrogen-bond donors (Lipinski definition) is 3. The summed E-state index contributed by atoms with van der Waals surface area (Å²) in [5.74, 6) is -2.62. The lowest BCUT2D eigenvalue weighted by Crippen LogP contribution is -2.41. The Morgan fingerprint density at radius 3 is 2.52 bits per heavy atom. The van der Waals surface area contributed by atoms with E-state index in [0.717, 1.165) is 19.2 Å². The molecule has 0 saturated carbocycles. The highest BCUT2D eigenvalue weighted by Crippen LogP contribution is 2.34. The van der Waals surface area contributed by atoms with Gasteiger partial charge in [0.25, 0.3) is 11.8 Å². The molecule has 3 heterocycles. The van der Waals surface area contributed by atoms with Crippen molar-refractivity contribution in [3.05, 3.63) is 105 Å². The third-order valence-corrected chi connectivity index (χ3v) is 8.24. The number of morpholine rings is 1. The van der Waals surface area contributed by atoms with Crippen LogP contribution in [0.5, 0.6) is 5.75 Å². The lowest BCUT2D eigenvalue weighted by molar-refractivity contribution is 0.0383. The van der Waals surface area contributed by atoms with Crippen LogP contribution >= 0.6 is 11.3 Å². The van der Waals surface area contributed by atoms with Gasteiger partial charge in [0.15, 0.2) is 5.78 Å². The van der Waals surface area contributed by atoms with Crippen LogP contribution in [0.1, 0.15) is 41.5 Å². The van der Waals surface area contributed by atoms with Crippen LogP contribution in [0.3, 0.4) is 0 Å². The zero-order valence-electron chi connectivity index (χ0n) is 23.5. The molecule has 9 nitrogen and oxygen atoms in total. The number of ether oxygens (including phenoxy) is 2. The molecule has 1 saturated heterocycles. The van der Waals surface area contributed by atoms with Gasteiger partial charge in [0.1, 0.15) is 24.0 Å². The number of nitrogens with zero attached hydrogens (tertiary/aromatic N) is 1. The molecule has 226 valence electrons. The van der Waals surface area contributed by atoms with Gasteiger partial charge >= 0.3 is 0 Å². The fourth-order valence-electron chi connectivity index (χ4n) is 5.00. The van der Waals surface area contributed by atoms with E-state index in [4.69, 9.17) is 9.47 Å². The molecule has 0 atom stereocenters. The van der Waals surface area contributed by atoms with Crippen molar-refractivity contribution in [1.29, 1.82) is 0 Å². The Morgan fingerprint density at radius 2 is 1.73 bits per heavy atom. The first-order valence-electron chi connectivity index (χ1n) is 14.0. The number of ketones is 1. The van der Waals surface area contributed by atoms with Crippen LogP contribution in [0.15, 0.2) is 66.0 Å². The fourth-order valence-corrected chi connectivity index (χ4v) is 5.62. The second-order valence-corrected chi connectivity index (χ2v) is 11.2. The van der Waals surface area contributed by atoms with Crippen molar-refractivity contribution in [3.63, 3.8) is 0 Å². The fraction of sp³-hybridized carbons (Fsp3) is 0.219. The van der Waals surface area contributed by atoms with Gasteiger partial charge < -0.3 is 25.4 Å². The van der Waals surface area contributed by atoms with Crippen molar-refractivity contribution in [3.8, 4) is 5.75 Å². The number of fused-ring (bicyclic) bond motifs is 2. The first kappa shape index (κ1) is 29.4. The number of rotatable bonds is 8. The van der Waals surface area contributed by atoms with Crippen molar-refractivity contribution >= 4 is 46.0 Å². The maximum absolute atomic E-state index is 14.7. The van der Waals surface area contributed by atoms with Crippen LogP contribution in [0, 0.1) is 11.6 Å². The predicted molar refractivity (Wildman–Crippen MR) is 162 cm³/mol. The first-order chi connectivity index (χ1) is 21.4. The van der Waals surface area contributed by atoms with Crippen molar-refractivity contribution in [1.82, 2.24) is 10.2 Å². The third kappa shape index (κ3) is 6.47. The Balaban J connectivity index is 1.16. The predicted octanol–water partition coefficient (Wildman–Crippen LogP) is 5.21. The molecular formula is C32H28F2N4O5S. The standard InChI is InChI=1S/C32H28F2N4O5S/c33-24-16-25(34)27(37-32(41)29-2-1-13-44-29)17-26(24)36-21-5-6-22-28(15-21)43-18-20-4-3-19(14-23(20)30(22)39)31(40)35-7-8-38-9-11-42-12-10-38/h1-6,13-17,36H,7-12,18H2,(H,35,40)(H,37,41). The first-order valence-corrected chi connectivity index (χ1v) is 14.9. The number of hydrogen-bond acceptors (Lipinski definition) is 8.